The summed E-state index contributed by atoms with van der Waals surface area (Å²) in [5.41, 5.74) is 3.42. The van der Waals surface area contributed by atoms with Crippen LogP contribution in [0.4, 0.5) is 11.6 Å². The zero-order chi connectivity index (χ0) is 15.2. The molecule has 0 saturated carbocycles. The van der Waals surface area contributed by atoms with E-state index in [9.17, 15) is 5.11 Å². The van der Waals surface area contributed by atoms with Crippen molar-refractivity contribution >= 4 is 17.9 Å². The summed E-state index contributed by atoms with van der Waals surface area (Å²) in [5, 5.41) is 21.9. The average Bonchev–Trinajstić information content (AvgIpc) is 2.58. The molecule has 0 aliphatic carbocycles. The molecule has 0 bridgehead atoms. The Morgan fingerprint density at radius 2 is 1.95 bits per heavy atom. The van der Waals surface area contributed by atoms with E-state index in [1.54, 1.807) is 18.2 Å². The van der Waals surface area contributed by atoms with E-state index in [4.69, 9.17) is 4.74 Å². The van der Waals surface area contributed by atoms with Gasteiger partial charge in [0.05, 0.1) is 19.4 Å². The second-order valence-corrected chi connectivity index (χ2v) is 4.81. The number of aromatic nitrogens is 2. The number of para-hydroxylation sites is 1. The number of benzene rings is 1. The van der Waals surface area contributed by atoms with Gasteiger partial charge in [-0.25, -0.2) is 0 Å². The first kappa shape index (κ1) is 14.3. The van der Waals surface area contributed by atoms with E-state index in [0.717, 1.165) is 18.9 Å². The number of ether oxygens (including phenoxy) is 1. The van der Waals surface area contributed by atoms with Crippen molar-refractivity contribution in [2.75, 3.05) is 36.6 Å². The Morgan fingerprint density at radius 1 is 1.14 bits per heavy atom. The Balaban J connectivity index is 1.60. The third-order valence-electron chi connectivity index (χ3n) is 3.31. The Labute approximate surface area is 128 Å². The number of nitrogens with zero attached hydrogens (tertiary/aromatic N) is 4. The molecule has 1 aliphatic rings. The fourth-order valence-corrected chi connectivity index (χ4v) is 2.11. The fourth-order valence-electron chi connectivity index (χ4n) is 2.11. The summed E-state index contributed by atoms with van der Waals surface area (Å²) < 4.78 is 5.31. The Hall–Kier alpha value is -2.67. The van der Waals surface area contributed by atoms with E-state index >= 15 is 0 Å². The van der Waals surface area contributed by atoms with Gasteiger partial charge in [0, 0.05) is 18.7 Å². The molecule has 7 nitrogen and oxygen atoms in total. The number of anilines is 2. The maximum absolute atomic E-state index is 9.63. The first-order chi connectivity index (χ1) is 10.8. The SMILES string of the molecule is Oc1ccccc1C=NNc1ccc(N2CCOCC2)nn1. The van der Waals surface area contributed by atoms with Crippen molar-refractivity contribution in [3.63, 3.8) is 0 Å². The standard InChI is InChI=1S/C15H17N5O2/c21-13-4-2-1-3-12(13)11-16-17-14-5-6-15(19-18-14)20-7-9-22-10-8-20/h1-6,11,21H,7-10H2,(H,17,18). The first-order valence-corrected chi connectivity index (χ1v) is 7.06. The van der Waals surface area contributed by atoms with Crippen LogP contribution >= 0.6 is 0 Å². The van der Waals surface area contributed by atoms with Gasteiger partial charge < -0.3 is 14.7 Å². The third-order valence-corrected chi connectivity index (χ3v) is 3.31. The predicted octanol–water partition coefficient (Wildman–Crippen LogP) is 1.46. The van der Waals surface area contributed by atoms with Crippen molar-refractivity contribution in [2.24, 2.45) is 5.10 Å². The van der Waals surface area contributed by atoms with Gasteiger partial charge in [0.25, 0.3) is 0 Å². The highest BCUT2D eigenvalue weighted by Crippen LogP contribution is 2.14. The van der Waals surface area contributed by atoms with Crippen LogP contribution in [-0.4, -0.2) is 47.8 Å². The number of phenols is 1. The molecule has 2 heterocycles. The highest BCUT2D eigenvalue weighted by Gasteiger charge is 2.12. The predicted molar refractivity (Wildman–Crippen MR) is 84.4 cm³/mol. The van der Waals surface area contributed by atoms with Gasteiger partial charge >= 0.3 is 0 Å². The van der Waals surface area contributed by atoms with Gasteiger partial charge in [0.1, 0.15) is 5.75 Å². The molecule has 0 amide bonds. The molecule has 0 radical (unpaired) electrons. The van der Waals surface area contributed by atoms with Crippen LogP contribution in [0, 0.1) is 0 Å². The number of morpholine rings is 1. The van der Waals surface area contributed by atoms with Gasteiger partial charge in [-0.2, -0.15) is 5.10 Å². The van der Waals surface area contributed by atoms with Crippen molar-refractivity contribution < 1.29 is 9.84 Å². The minimum Gasteiger partial charge on any atom is -0.507 e. The smallest absolute Gasteiger partial charge is 0.168 e. The molecule has 0 atom stereocenters. The number of aromatic hydroxyl groups is 1. The Morgan fingerprint density at radius 3 is 2.68 bits per heavy atom. The molecule has 7 heteroatoms. The summed E-state index contributed by atoms with van der Waals surface area (Å²) in [6.07, 6.45) is 1.53. The summed E-state index contributed by atoms with van der Waals surface area (Å²) in [7, 11) is 0. The van der Waals surface area contributed by atoms with Crippen LogP contribution in [0.25, 0.3) is 0 Å². The second-order valence-electron chi connectivity index (χ2n) is 4.81. The van der Waals surface area contributed by atoms with Crippen LogP contribution < -0.4 is 10.3 Å². The molecule has 0 unspecified atom stereocenters. The van der Waals surface area contributed by atoms with Gasteiger partial charge in [-0.05, 0) is 24.3 Å². The lowest BCUT2D eigenvalue weighted by Crippen LogP contribution is -2.36. The number of phenolic OH excluding ortho intramolecular Hbond substituents is 1. The highest BCUT2D eigenvalue weighted by molar-refractivity contribution is 5.83. The average molecular weight is 299 g/mol. The molecule has 1 fully saturated rings. The van der Waals surface area contributed by atoms with Crippen LogP contribution in [0.3, 0.4) is 0 Å². The van der Waals surface area contributed by atoms with Crippen LogP contribution in [0.5, 0.6) is 5.75 Å². The summed E-state index contributed by atoms with van der Waals surface area (Å²) >= 11 is 0. The fraction of sp³-hybridized carbons (Fsp3) is 0.267. The molecular formula is C15H17N5O2. The molecule has 2 aromatic rings. The van der Waals surface area contributed by atoms with Crippen molar-refractivity contribution in [1.29, 1.82) is 0 Å². The Kier molecular flexibility index (Phi) is 4.45. The zero-order valence-corrected chi connectivity index (χ0v) is 12.0. The zero-order valence-electron chi connectivity index (χ0n) is 12.0. The number of hydrazone groups is 1. The van der Waals surface area contributed by atoms with Crippen LogP contribution in [-0.2, 0) is 4.74 Å². The number of hydrogen-bond donors (Lipinski definition) is 2. The lowest BCUT2D eigenvalue weighted by molar-refractivity contribution is 0.122. The summed E-state index contributed by atoms with van der Waals surface area (Å²) in [6.45, 7) is 3.08. The summed E-state index contributed by atoms with van der Waals surface area (Å²) in [6, 6.07) is 10.7. The van der Waals surface area contributed by atoms with Gasteiger partial charge in [-0.15, -0.1) is 10.2 Å². The van der Waals surface area contributed by atoms with Crippen molar-refractivity contribution in [3.8, 4) is 5.75 Å². The van der Waals surface area contributed by atoms with E-state index in [2.05, 4.69) is 25.6 Å². The van der Waals surface area contributed by atoms with E-state index in [0.29, 0.717) is 24.6 Å². The lowest BCUT2D eigenvalue weighted by atomic mass is 10.2. The molecule has 114 valence electrons. The summed E-state index contributed by atoms with van der Waals surface area (Å²) in [5.74, 6) is 1.56. The van der Waals surface area contributed by atoms with E-state index < -0.39 is 0 Å². The molecule has 1 saturated heterocycles. The largest absolute Gasteiger partial charge is 0.507 e. The Bertz CT molecular complexity index is 639. The minimum atomic E-state index is 0.182. The molecule has 0 spiro atoms. The van der Waals surface area contributed by atoms with E-state index in [1.807, 2.05) is 18.2 Å². The maximum Gasteiger partial charge on any atom is 0.168 e. The number of hydrogen-bond acceptors (Lipinski definition) is 7. The minimum absolute atomic E-state index is 0.182. The molecule has 1 aromatic heterocycles. The molecule has 1 aromatic carbocycles. The molecular weight excluding hydrogens is 282 g/mol. The van der Waals surface area contributed by atoms with E-state index in [-0.39, 0.29) is 5.75 Å². The van der Waals surface area contributed by atoms with Crippen LogP contribution in [0.15, 0.2) is 41.5 Å². The van der Waals surface area contributed by atoms with Gasteiger partial charge in [-0.3, -0.25) is 5.43 Å². The second kappa shape index (κ2) is 6.86. The molecule has 22 heavy (non-hydrogen) atoms. The van der Waals surface area contributed by atoms with Gasteiger partial charge in [-0.1, -0.05) is 12.1 Å². The third kappa shape index (κ3) is 3.50. The normalized spacial score (nSPS) is 15.2. The molecule has 2 N–H and O–H groups in total. The quantitative estimate of drug-likeness (QED) is 0.657. The first-order valence-electron chi connectivity index (χ1n) is 7.06. The number of nitrogens with one attached hydrogen (secondary N) is 1. The number of rotatable bonds is 4. The van der Waals surface area contributed by atoms with Crippen LogP contribution in [0.2, 0.25) is 0 Å². The topological polar surface area (TPSA) is 82.9 Å². The maximum atomic E-state index is 9.63. The summed E-state index contributed by atoms with van der Waals surface area (Å²) in [4.78, 5) is 2.13. The van der Waals surface area contributed by atoms with Crippen LogP contribution in [0.1, 0.15) is 5.56 Å². The van der Waals surface area contributed by atoms with E-state index in [1.165, 1.54) is 6.21 Å². The van der Waals surface area contributed by atoms with Crippen molar-refractivity contribution in [2.45, 2.75) is 0 Å². The molecule has 1 aliphatic heterocycles. The van der Waals surface area contributed by atoms with Crippen molar-refractivity contribution in [1.82, 2.24) is 10.2 Å². The lowest BCUT2D eigenvalue weighted by Gasteiger charge is -2.27. The molecule has 3 rings (SSSR count). The monoisotopic (exact) mass is 299 g/mol. The van der Waals surface area contributed by atoms with Crippen molar-refractivity contribution in [3.05, 3.63) is 42.0 Å². The van der Waals surface area contributed by atoms with Gasteiger partial charge in [0.15, 0.2) is 11.6 Å². The highest BCUT2D eigenvalue weighted by atomic mass is 16.5. The van der Waals surface area contributed by atoms with Gasteiger partial charge in [0.2, 0.25) is 0 Å².